The van der Waals surface area contributed by atoms with E-state index in [2.05, 4.69) is 10.3 Å². The average molecular weight is 297 g/mol. The van der Waals surface area contributed by atoms with Gasteiger partial charge in [-0.1, -0.05) is 0 Å². The minimum Gasteiger partial charge on any atom is -0.351 e. The van der Waals surface area contributed by atoms with Gasteiger partial charge in [0.2, 0.25) is 0 Å². The number of carbonyl (C=O) groups excluding carboxylic acids is 1. The largest absolute Gasteiger partial charge is 0.351 e. The fourth-order valence-electron chi connectivity index (χ4n) is 2.45. The predicted molar refractivity (Wildman–Crippen MR) is 84.0 cm³/mol. The summed E-state index contributed by atoms with van der Waals surface area (Å²) in [4.78, 5) is 18.5. The maximum atomic E-state index is 12.5. The number of fused-ring (bicyclic) bond motifs is 1. The lowest BCUT2D eigenvalue weighted by molar-refractivity contribution is 0.0956. The van der Waals surface area contributed by atoms with E-state index >= 15 is 0 Å². The van der Waals surface area contributed by atoms with E-state index in [-0.39, 0.29) is 5.91 Å². The van der Waals surface area contributed by atoms with Gasteiger partial charge in [0.1, 0.15) is 9.71 Å². The van der Waals surface area contributed by atoms with Crippen molar-refractivity contribution in [3.8, 4) is 5.69 Å². The second-order valence-corrected chi connectivity index (χ2v) is 6.38. The Morgan fingerprint density at radius 1 is 1.33 bits per heavy atom. The highest BCUT2D eigenvalue weighted by Crippen LogP contribution is 2.33. The molecule has 106 valence electrons. The summed E-state index contributed by atoms with van der Waals surface area (Å²) in [5.41, 5.74) is 0.932. The molecular formula is C16H15N3OS. The van der Waals surface area contributed by atoms with E-state index in [1.807, 2.05) is 41.2 Å². The summed E-state index contributed by atoms with van der Waals surface area (Å²) in [6.45, 7) is 0.783. The second-order valence-electron chi connectivity index (χ2n) is 5.38. The number of pyridine rings is 1. The third-order valence-electron chi connectivity index (χ3n) is 3.76. The van der Waals surface area contributed by atoms with Gasteiger partial charge in [-0.25, -0.2) is 4.98 Å². The van der Waals surface area contributed by atoms with E-state index in [1.54, 1.807) is 6.20 Å². The van der Waals surface area contributed by atoms with Gasteiger partial charge in [-0.3, -0.25) is 4.79 Å². The van der Waals surface area contributed by atoms with Crippen LogP contribution in [-0.2, 0) is 0 Å². The van der Waals surface area contributed by atoms with Crippen molar-refractivity contribution in [1.82, 2.24) is 14.9 Å². The first-order chi connectivity index (χ1) is 10.3. The normalized spacial score (nSPS) is 14.5. The number of carbonyl (C=O) groups is 1. The highest BCUT2D eigenvalue weighted by Gasteiger charge is 2.24. The molecular weight excluding hydrogens is 282 g/mol. The number of hydrogen-bond donors (Lipinski definition) is 1. The number of aromatic nitrogens is 2. The predicted octanol–water partition coefficient (Wildman–Crippen LogP) is 3.23. The molecule has 0 radical (unpaired) electrons. The number of nitrogens with one attached hydrogen (secondary N) is 1. The zero-order valence-electron chi connectivity index (χ0n) is 11.5. The molecule has 0 bridgehead atoms. The molecule has 4 rings (SSSR count). The van der Waals surface area contributed by atoms with E-state index in [9.17, 15) is 4.79 Å². The Morgan fingerprint density at radius 2 is 2.14 bits per heavy atom. The molecule has 0 spiro atoms. The van der Waals surface area contributed by atoms with Crippen molar-refractivity contribution in [2.45, 2.75) is 12.8 Å². The zero-order chi connectivity index (χ0) is 14.2. The van der Waals surface area contributed by atoms with Gasteiger partial charge in [0.15, 0.2) is 0 Å². The molecule has 1 amide bonds. The third kappa shape index (κ3) is 2.34. The Hall–Kier alpha value is -2.14. The lowest BCUT2D eigenvalue weighted by Gasteiger charge is -2.07. The van der Waals surface area contributed by atoms with E-state index in [0.29, 0.717) is 5.92 Å². The number of amides is 1. The number of nitrogens with zero attached hydrogens (tertiary/aromatic N) is 2. The van der Waals surface area contributed by atoms with Crippen molar-refractivity contribution in [2.24, 2.45) is 5.92 Å². The average Bonchev–Trinajstić information content (AvgIpc) is 3.02. The molecule has 1 saturated carbocycles. The summed E-state index contributed by atoms with van der Waals surface area (Å²) >= 11 is 1.46. The number of hydrogen-bond acceptors (Lipinski definition) is 3. The van der Waals surface area contributed by atoms with Crippen molar-refractivity contribution in [1.29, 1.82) is 0 Å². The van der Waals surface area contributed by atoms with Gasteiger partial charge in [0, 0.05) is 30.5 Å². The molecule has 1 fully saturated rings. The summed E-state index contributed by atoms with van der Waals surface area (Å²) in [6.07, 6.45) is 8.17. The smallest absolute Gasteiger partial charge is 0.263 e. The molecule has 0 atom stereocenters. The molecule has 0 saturated heterocycles. The lowest BCUT2D eigenvalue weighted by Crippen LogP contribution is -2.25. The molecule has 3 heterocycles. The van der Waals surface area contributed by atoms with Crippen LogP contribution in [0.25, 0.3) is 15.9 Å². The summed E-state index contributed by atoms with van der Waals surface area (Å²) in [5, 5.41) is 4.08. The van der Waals surface area contributed by atoms with Gasteiger partial charge in [0.25, 0.3) is 5.91 Å². The summed E-state index contributed by atoms with van der Waals surface area (Å²) in [6, 6.07) is 7.86. The standard InChI is InChI=1S/C16H15N3OS/c20-15(18-10-11-5-6-11)14-13(19-8-1-2-9-19)12-4-3-7-17-16(12)21-14/h1-4,7-9,11H,5-6,10H2,(H,18,20). The lowest BCUT2D eigenvalue weighted by atomic mass is 10.2. The van der Waals surface area contributed by atoms with Crippen LogP contribution in [0.1, 0.15) is 22.5 Å². The van der Waals surface area contributed by atoms with Crippen LogP contribution in [-0.4, -0.2) is 22.0 Å². The first-order valence-electron chi connectivity index (χ1n) is 7.12. The topological polar surface area (TPSA) is 46.9 Å². The van der Waals surface area contributed by atoms with Crippen LogP contribution in [0.5, 0.6) is 0 Å². The molecule has 1 aliphatic carbocycles. The molecule has 3 aromatic heterocycles. The highest BCUT2D eigenvalue weighted by atomic mass is 32.1. The fourth-order valence-corrected chi connectivity index (χ4v) is 3.51. The fraction of sp³-hybridized carbons (Fsp3) is 0.250. The molecule has 1 N–H and O–H groups in total. The molecule has 0 aliphatic heterocycles. The van der Waals surface area contributed by atoms with Crippen LogP contribution >= 0.6 is 11.3 Å². The zero-order valence-corrected chi connectivity index (χ0v) is 12.3. The van der Waals surface area contributed by atoms with Gasteiger partial charge in [0.05, 0.1) is 5.69 Å². The molecule has 0 unspecified atom stereocenters. The van der Waals surface area contributed by atoms with Crippen LogP contribution in [0.4, 0.5) is 0 Å². The SMILES string of the molecule is O=C(NCC1CC1)c1sc2ncccc2c1-n1cccc1. The first kappa shape index (κ1) is 12.6. The van der Waals surface area contributed by atoms with E-state index < -0.39 is 0 Å². The van der Waals surface area contributed by atoms with Crippen LogP contribution in [0.15, 0.2) is 42.9 Å². The van der Waals surface area contributed by atoms with Crippen molar-refractivity contribution in [3.63, 3.8) is 0 Å². The Morgan fingerprint density at radius 3 is 2.90 bits per heavy atom. The van der Waals surface area contributed by atoms with Gasteiger partial charge in [-0.05, 0) is 43.0 Å². The molecule has 5 heteroatoms. The minimum absolute atomic E-state index is 0.00796. The van der Waals surface area contributed by atoms with Gasteiger partial charge in [-0.2, -0.15) is 0 Å². The molecule has 21 heavy (non-hydrogen) atoms. The molecule has 0 aromatic carbocycles. The molecule has 3 aromatic rings. The Bertz CT molecular complexity index is 787. The first-order valence-corrected chi connectivity index (χ1v) is 7.93. The third-order valence-corrected chi connectivity index (χ3v) is 4.86. The van der Waals surface area contributed by atoms with E-state index in [4.69, 9.17) is 0 Å². The minimum atomic E-state index is 0.00796. The van der Waals surface area contributed by atoms with Crippen LogP contribution < -0.4 is 5.32 Å². The van der Waals surface area contributed by atoms with Crippen molar-refractivity contribution in [2.75, 3.05) is 6.54 Å². The van der Waals surface area contributed by atoms with Gasteiger partial charge < -0.3 is 9.88 Å². The highest BCUT2D eigenvalue weighted by molar-refractivity contribution is 7.21. The maximum Gasteiger partial charge on any atom is 0.263 e. The van der Waals surface area contributed by atoms with Crippen molar-refractivity contribution < 1.29 is 4.79 Å². The summed E-state index contributed by atoms with van der Waals surface area (Å²) < 4.78 is 1.99. The number of rotatable bonds is 4. The Kier molecular flexibility index (Phi) is 3.00. The van der Waals surface area contributed by atoms with E-state index in [0.717, 1.165) is 27.3 Å². The van der Waals surface area contributed by atoms with Crippen LogP contribution in [0.3, 0.4) is 0 Å². The second kappa shape index (κ2) is 5.00. The molecule has 4 nitrogen and oxygen atoms in total. The summed E-state index contributed by atoms with van der Waals surface area (Å²) in [5.74, 6) is 0.685. The Labute approximate surface area is 126 Å². The maximum absolute atomic E-state index is 12.5. The summed E-state index contributed by atoms with van der Waals surface area (Å²) in [7, 11) is 0. The van der Waals surface area contributed by atoms with Gasteiger partial charge >= 0.3 is 0 Å². The van der Waals surface area contributed by atoms with Crippen molar-refractivity contribution >= 4 is 27.5 Å². The molecule has 1 aliphatic rings. The van der Waals surface area contributed by atoms with E-state index in [1.165, 1.54) is 24.2 Å². The van der Waals surface area contributed by atoms with Gasteiger partial charge in [-0.15, -0.1) is 11.3 Å². The van der Waals surface area contributed by atoms with Crippen molar-refractivity contribution in [3.05, 3.63) is 47.7 Å². The quantitative estimate of drug-likeness (QED) is 0.803. The van der Waals surface area contributed by atoms with Crippen LogP contribution in [0, 0.1) is 5.92 Å². The Balaban J connectivity index is 1.79. The monoisotopic (exact) mass is 297 g/mol. The number of thiophene rings is 1. The van der Waals surface area contributed by atoms with Crippen LogP contribution in [0.2, 0.25) is 0 Å².